The number of carbonyl (C=O) groups is 3. The highest BCUT2D eigenvalue weighted by Gasteiger charge is 2.26. The maximum absolute atomic E-state index is 12.5. The molecular weight excluding hydrogens is 376 g/mol. The molecule has 0 aromatic carbocycles. The van der Waals surface area contributed by atoms with E-state index in [9.17, 15) is 14.4 Å². The molecule has 2 aromatic rings. The van der Waals surface area contributed by atoms with Gasteiger partial charge in [0.25, 0.3) is 5.91 Å². The molecule has 3 amide bonds. The number of hydrogen-bond acceptors (Lipinski definition) is 5. The summed E-state index contributed by atoms with van der Waals surface area (Å²) in [4.78, 5) is 43.1. The van der Waals surface area contributed by atoms with Crippen LogP contribution in [-0.4, -0.2) is 46.7 Å². The second kappa shape index (κ2) is 9.45. The number of rotatable bonds is 6. The van der Waals surface area contributed by atoms with Crippen LogP contribution in [0.4, 0.5) is 0 Å². The van der Waals surface area contributed by atoms with E-state index in [1.807, 2.05) is 22.4 Å². The second-order valence-electron chi connectivity index (χ2n) is 6.84. The van der Waals surface area contributed by atoms with Crippen molar-refractivity contribution in [3.63, 3.8) is 0 Å². The Morgan fingerprint density at radius 3 is 2.54 bits per heavy atom. The van der Waals surface area contributed by atoms with Crippen molar-refractivity contribution in [1.29, 1.82) is 0 Å². The summed E-state index contributed by atoms with van der Waals surface area (Å²) in [7, 11) is 0. The number of pyridine rings is 1. The molecule has 3 heterocycles. The summed E-state index contributed by atoms with van der Waals surface area (Å²) in [5, 5.41) is 7.82. The molecular formula is C20H24N4O3S. The fraction of sp³-hybridized carbons (Fsp3) is 0.400. The van der Waals surface area contributed by atoms with Crippen LogP contribution in [0.3, 0.4) is 0 Å². The zero-order chi connectivity index (χ0) is 19.9. The summed E-state index contributed by atoms with van der Waals surface area (Å²) in [5.74, 6) is -0.254. The van der Waals surface area contributed by atoms with Crippen LogP contribution >= 0.6 is 11.3 Å². The van der Waals surface area contributed by atoms with E-state index in [1.54, 1.807) is 24.5 Å². The number of nitrogens with one attached hydrogen (secondary N) is 2. The summed E-state index contributed by atoms with van der Waals surface area (Å²) in [5.41, 5.74) is 0.631. The molecule has 1 aliphatic rings. The molecule has 0 bridgehead atoms. The molecule has 3 rings (SSSR count). The number of nitrogens with zero attached hydrogens (tertiary/aromatic N) is 2. The van der Waals surface area contributed by atoms with Crippen LogP contribution in [0.5, 0.6) is 0 Å². The SMILES string of the molecule is CC(=O)NC(CC(=O)NC1CCN(C(=O)c2ccncc2)CC1)c1cccs1. The van der Waals surface area contributed by atoms with Gasteiger partial charge in [0.1, 0.15) is 0 Å². The average molecular weight is 401 g/mol. The lowest BCUT2D eigenvalue weighted by Crippen LogP contribution is -2.47. The molecule has 7 nitrogen and oxygen atoms in total. The van der Waals surface area contributed by atoms with E-state index in [4.69, 9.17) is 0 Å². The van der Waals surface area contributed by atoms with E-state index in [1.165, 1.54) is 18.3 Å². The third-order valence-corrected chi connectivity index (χ3v) is 5.71. The quantitative estimate of drug-likeness (QED) is 0.777. The zero-order valence-corrected chi connectivity index (χ0v) is 16.6. The zero-order valence-electron chi connectivity index (χ0n) is 15.8. The largest absolute Gasteiger partial charge is 0.353 e. The Hall–Kier alpha value is -2.74. The van der Waals surface area contributed by atoms with Crippen molar-refractivity contribution in [2.45, 2.75) is 38.3 Å². The van der Waals surface area contributed by atoms with Gasteiger partial charge in [0.15, 0.2) is 0 Å². The van der Waals surface area contributed by atoms with Crippen molar-refractivity contribution in [3.8, 4) is 0 Å². The summed E-state index contributed by atoms with van der Waals surface area (Å²) in [6.07, 6.45) is 4.85. The number of aromatic nitrogens is 1. The van der Waals surface area contributed by atoms with E-state index in [-0.39, 0.29) is 36.2 Å². The maximum atomic E-state index is 12.5. The normalized spacial score (nSPS) is 15.7. The number of hydrogen-bond donors (Lipinski definition) is 2. The topological polar surface area (TPSA) is 91.4 Å². The Morgan fingerprint density at radius 1 is 1.21 bits per heavy atom. The molecule has 2 N–H and O–H groups in total. The van der Waals surface area contributed by atoms with Crippen molar-refractivity contribution in [2.75, 3.05) is 13.1 Å². The van der Waals surface area contributed by atoms with E-state index >= 15 is 0 Å². The van der Waals surface area contributed by atoms with Crippen LogP contribution < -0.4 is 10.6 Å². The molecule has 148 valence electrons. The van der Waals surface area contributed by atoms with Crippen molar-refractivity contribution in [1.82, 2.24) is 20.5 Å². The Bertz CT molecular complexity index is 802. The Balaban J connectivity index is 1.49. The van der Waals surface area contributed by atoms with E-state index in [0.717, 1.165) is 4.88 Å². The monoisotopic (exact) mass is 400 g/mol. The third-order valence-electron chi connectivity index (χ3n) is 4.73. The summed E-state index contributed by atoms with van der Waals surface area (Å²) in [6.45, 7) is 2.66. The highest BCUT2D eigenvalue weighted by Crippen LogP contribution is 2.22. The molecule has 1 unspecified atom stereocenters. The molecule has 1 saturated heterocycles. The number of piperidine rings is 1. The van der Waals surface area contributed by atoms with Crippen molar-refractivity contribution < 1.29 is 14.4 Å². The van der Waals surface area contributed by atoms with Crippen molar-refractivity contribution >= 4 is 29.1 Å². The van der Waals surface area contributed by atoms with Gasteiger partial charge in [-0.2, -0.15) is 0 Å². The van der Waals surface area contributed by atoms with E-state index in [0.29, 0.717) is 31.5 Å². The first-order valence-electron chi connectivity index (χ1n) is 9.32. The number of thiophene rings is 1. The molecule has 0 saturated carbocycles. The van der Waals surface area contributed by atoms with Crippen LogP contribution in [0.1, 0.15) is 47.5 Å². The van der Waals surface area contributed by atoms with Crippen molar-refractivity contribution in [2.24, 2.45) is 0 Å². The van der Waals surface area contributed by atoms with Crippen LogP contribution in [0.25, 0.3) is 0 Å². The molecule has 1 aliphatic heterocycles. The Labute approximate surface area is 168 Å². The van der Waals surface area contributed by atoms with Gasteiger partial charge in [0.05, 0.1) is 12.5 Å². The van der Waals surface area contributed by atoms with Crippen molar-refractivity contribution in [3.05, 3.63) is 52.5 Å². The lowest BCUT2D eigenvalue weighted by molar-refractivity contribution is -0.123. The first kappa shape index (κ1) is 20.0. The summed E-state index contributed by atoms with van der Waals surface area (Å²) >= 11 is 1.52. The second-order valence-corrected chi connectivity index (χ2v) is 7.82. The first-order chi connectivity index (χ1) is 13.5. The minimum atomic E-state index is -0.314. The van der Waals surface area contributed by atoms with Gasteiger partial charge < -0.3 is 15.5 Å². The third kappa shape index (κ3) is 5.39. The highest BCUT2D eigenvalue weighted by atomic mass is 32.1. The van der Waals surface area contributed by atoms with Gasteiger partial charge in [-0.1, -0.05) is 6.07 Å². The van der Waals surface area contributed by atoms with Crippen LogP contribution in [-0.2, 0) is 9.59 Å². The van der Waals surface area contributed by atoms with Gasteiger partial charge in [0, 0.05) is 48.9 Å². The van der Waals surface area contributed by atoms with E-state index < -0.39 is 0 Å². The molecule has 8 heteroatoms. The average Bonchev–Trinajstić information content (AvgIpc) is 3.23. The highest BCUT2D eigenvalue weighted by molar-refractivity contribution is 7.10. The van der Waals surface area contributed by atoms with E-state index in [2.05, 4.69) is 15.6 Å². The van der Waals surface area contributed by atoms with Gasteiger partial charge in [-0.25, -0.2) is 0 Å². The minimum absolute atomic E-state index is 0.00408. The van der Waals surface area contributed by atoms with Gasteiger partial charge in [-0.3, -0.25) is 19.4 Å². The van der Waals surface area contributed by atoms with Crippen LogP contribution in [0.2, 0.25) is 0 Å². The standard InChI is InChI=1S/C20H24N4O3S/c1-14(25)22-17(18-3-2-12-28-18)13-19(26)23-16-6-10-24(11-7-16)20(27)15-4-8-21-9-5-15/h2-5,8-9,12,16-17H,6-7,10-11,13H2,1H3,(H,22,25)(H,23,26). The molecule has 2 aromatic heterocycles. The number of carbonyl (C=O) groups excluding carboxylic acids is 3. The Kier molecular flexibility index (Phi) is 6.76. The van der Waals surface area contributed by atoms with Crippen LogP contribution in [0.15, 0.2) is 42.0 Å². The predicted octanol–water partition coefficient (Wildman–Crippen LogP) is 2.13. The number of likely N-dealkylation sites (tertiary alicyclic amines) is 1. The molecule has 0 radical (unpaired) electrons. The lowest BCUT2D eigenvalue weighted by Gasteiger charge is -2.32. The molecule has 28 heavy (non-hydrogen) atoms. The molecule has 0 spiro atoms. The fourth-order valence-corrected chi connectivity index (χ4v) is 4.11. The summed E-state index contributed by atoms with van der Waals surface area (Å²) in [6, 6.07) is 6.97. The molecule has 0 aliphatic carbocycles. The van der Waals surface area contributed by atoms with Crippen LogP contribution in [0, 0.1) is 0 Å². The Morgan fingerprint density at radius 2 is 1.93 bits per heavy atom. The fourth-order valence-electron chi connectivity index (χ4n) is 3.33. The molecule has 1 fully saturated rings. The van der Waals surface area contributed by atoms with Gasteiger partial charge in [-0.15, -0.1) is 11.3 Å². The first-order valence-corrected chi connectivity index (χ1v) is 10.2. The maximum Gasteiger partial charge on any atom is 0.253 e. The number of amides is 3. The van der Waals surface area contributed by atoms with Gasteiger partial charge >= 0.3 is 0 Å². The van der Waals surface area contributed by atoms with Gasteiger partial charge in [-0.05, 0) is 36.4 Å². The van der Waals surface area contributed by atoms with Gasteiger partial charge in [0.2, 0.25) is 11.8 Å². The molecule has 1 atom stereocenters. The predicted molar refractivity (Wildman–Crippen MR) is 107 cm³/mol. The minimum Gasteiger partial charge on any atom is -0.353 e. The summed E-state index contributed by atoms with van der Waals surface area (Å²) < 4.78 is 0. The lowest BCUT2D eigenvalue weighted by atomic mass is 10.0. The smallest absolute Gasteiger partial charge is 0.253 e.